The zero-order valence-electron chi connectivity index (χ0n) is 14.6. The second-order valence-corrected chi connectivity index (χ2v) is 6.22. The van der Waals surface area contributed by atoms with Crippen molar-refractivity contribution in [3.8, 4) is 22.8 Å². The molecule has 1 amide bonds. The van der Waals surface area contributed by atoms with Gasteiger partial charge < -0.3 is 14.8 Å². The molecule has 7 nitrogen and oxygen atoms in total. The molecule has 0 spiro atoms. The summed E-state index contributed by atoms with van der Waals surface area (Å²) >= 11 is 0. The summed E-state index contributed by atoms with van der Waals surface area (Å²) in [6.45, 7) is 2.03. The van der Waals surface area contributed by atoms with E-state index in [1.807, 2.05) is 31.2 Å². The van der Waals surface area contributed by atoms with Crippen molar-refractivity contribution in [3.05, 3.63) is 70.8 Å². The second-order valence-electron chi connectivity index (χ2n) is 6.22. The molecule has 0 fully saturated rings. The highest BCUT2D eigenvalue weighted by Crippen LogP contribution is 2.34. The predicted molar refractivity (Wildman–Crippen MR) is 99.9 cm³/mol. The Bertz CT molecular complexity index is 1060. The van der Waals surface area contributed by atoms with Gasteiger partial charge in [0.15, 0.2) is 11.5 Å². The number of benzene rings is 2. The molecular formula is C20H17N3O4. The number of amides is 1. The van der Waals surface area contributed by atoms with Gasteiger partial charge in [-0.2, -0.15) is 0 Å². The number of ether oxygens (including phenoxy) is 2. The van der Waals surface area contributed by atoms with Crippen molar-refractivity contribution in [1.82, 2.24) is 9.55 Å². The van der Waals surface area contributed by atoms with E-state index in [9.17, 15) is 9.59 Å². The first-order chi connectivity index (χ1) is 13.1. The Hall–Kier alpha value is -3.61. The normalized spacial score (nSPS) is 12.0. The van der Waals surface area contributed by atoms with Crippen LogP contribution in [-0.2, 0) is 11.3 Å². The predicted octanol–water partition coefficient (Wildman–Crippen LogP) is 2.59. The van der Waals surface area contributed by atoms with Crippen molar-refractivity contribution in [2.24, 2.45) is 0 Å². The molecular weight excluding hydrogens is 346 g/mol. The Morgan fingerprint density at radius 2 is 1.89 bits per heavy atom. The van der Waals surface area contributed by atoms with Crippen LogP contribution in [0.15, 0.2) is 59.7 Å². The number of fused-ring (bicyclic) bond motifs is 1. The standard InChI is InChI=1S/C20H17N3O4/c1-13-2-4-14(5-3-13)16-9-20(25)23(11-21-16)10-19(24)22-15-6-7-17-18(8-15)27-12-26-17/h2-9,11H,10,12H2,1H3,(H,22,24). The SMILES string of the molecule is Cc1ccc(-c2cc(=O)n(CC(=O)Nc3ccc4c(c3)OCO4)cn2)cc1. The number of carbonyl (C=O) groups is 1. The average Bonchev–Trinajstić information content (AvgIpc) is 3.12. The molecule has 0 saturated heterocycles. The molecule has 4 rings (SSSR count). The summed E-state index contributed by atoms with van der Waals surface area (Å²) in [6.07, 6.45) is 1.39. The molecule has 1 aliphatic heterocycles. The number of nitrogens with zero attached hydrogens (tertiary/aromatic N) is 2. The van der Waals surface area contributed by atoms with Crippen LogP contribution in [0.2, 0.25) is 0 Å². The molecule has 0 radical (unpaired) electrons. The number of nitrogens with one attached hydrogen (secondary N) is 1. The monoisotopic (exact) mass is 363 g/mol. The highest BCUT2D eigenvalue weighted by molar-refractivity contribution is 5.91. The Balaban J connectivity index is 1.46. The molecule has 0 saturated carbocycles. The number of hydrogen-bond donors (Lipinski definition) is 1. The molecule has 136 valence electrons. The maximum absolute atomic E-state index is 12.3. The van der Waals surface area contributed by atoms with E-state index in [0.29, 0.717) is 22.9 Å². The van der Waals surface area contributed by atoms with Gasteiger partial charge in [0.25, 0.3) is 5.56 Å². The first-order valence-corrected chi connectivity index (χ1v) is 8.41. The lowest BCUT2D eigenvalue weighted by atomic mass is 10.1. The van der Waals surface area contributed by atoms with Crippen molar-refractivity contribution < 1.29 is 14.3 Å². The maximum Gasteiger partial charge on any atom is 0.254 e. The molecule has 27 heavy (non-hydrogen) atoms. The van der Waals surface area contributed by atoms with Crippen molar-refractivity contribution in [1.29, 1.82) is 0 Å². The summed E-state index contributed by atoms with van der Waals surface area (Å²) in [6, 6.07) is 14.3. The molecule has 1 aromatic heterocycles. The summed E-state index contributed by atoms with van der Waals surface area (Å²) < 4.78 is 11.8. The Kier molecular flexibility index (Phi) is 4.33. The van der Waals surface area contributed by atoms with E-state index in [1.165, 1.54) is 17.0 Å². The van der Waals surface area contributed by atoms with Crippen LogP contribution in [0.4, 0.5) is 5.69 Å². The summed E-state index contributed by atoms with van der Waals surface area (Å²) in [5.74, 6) is 0.884. The van der Waals surface area contributed by atoms with Crippen LogP contribution in [-0.4, -0.2) is 22.3 Å². The molecule has 1 aliphatic rings. The Morgan fingerprint density at radius 1 is 1.11 bits per heavy atom. The van der Waals surface area contributed by atoms with E-state index in [0.717, 1.165) is 11.1 Å². The number of rotatable bonds is 4. The van der Waals surface area contributed by atoms with Gasteiger partial charge in [-0.05, 0) is 19.1 Å². The number of aryl methyl sites for hydroxylation is 1. The van der Waals surface area contributed by atoms with Crippen LogP contribution in [0.1, 0.15) is 5.56 Å². The Morgan fingerprint density at radius 3 is 2.67 bits per heavy atom. The molecule has 0 bridgehead atoms. The fourth-order valence-corrected chi connectivity index (χ4v) is 2.76. The molecule has 0 unspecified atom stereocenters. The van der Waals surface area contributed by atoms with Crippen molar-refractivity contribution in [2.75, 3.05) is 12.1 Å². The fourth-order valence-electron chi connectivity index (χ4n) is 2.76. The molecule has 0 atom stereocenters. The van der Waals surface area contributed by atoms with Crippen LogP contribution in [0.3, 0.4) is 0 Å². The van der Waals surface area contributed by atoms with Crippen LogP contribution >= 0.6 is 0 Å². The van der Waals surface area contributed by atoms with E-state index in [4.69, 9.17) is 9.47 Å². The zero-order valence-corrected chi connectivity index (χ0v) is 14.6. The van der Waals surface area contributed by atoms with Gasteiger partial charge in [0, 0.05) is 23.4 Å². The van der Waals surface area contributed by atoms with Gasteiger partial charge in [0.1, 0.15) is 6.54 Å². The Labute approximate surface area is 155 Å². The first-order valence-electron chi connectivity index (χ1n) is 8.41. The summed E-state index contributed by atoms with van der Waals surface area (Å²) in [7, 11) is 0. The minimum atomic E-state index is -0.333. The molecule has 0 aliphatic carbocycles. The number of hydrogen-bond acceptors (Lipinski definition) is 5. The maximum atomic E-state index is 12.3. The van der Waals surface area contributed by atoms with Crippen LogP contribution in [0, 0.1) is 6.92 Å². The van der Waals surface area contributed by atoms with Gasteiger partial charge in [0.05, 0.1) is 12.0 Å². The van der Waals surface area contributed by atoms with E-state index in [-0.39, 0.29) is 24.8 Å². The van der Waals surface area contributed by atoms with Gasteiger partial charge in [0.2, 0.25) is 12.7 Å². The quantitative estimate of drug-likeness (QED) is 0.770. The lowest BCUT2D eigenvalue weighted by molar-refractivity contribution is -0.116. The second kappa shape index (κ2) is 6.95. The van der Waals surface area contributed by atoms with Crippen molar-refractivity contribution in [2.45, 2.75) is 13.5 Å². The first kappa shape index (κ1) is 16.8. The number of aromatic nitrogens is 2. The van der Waals surface area contributed by atoms with Crippen molar-refractivity contribution >= 4 is 11.6 Å². The van der Waals surface area contributed by atoms with E-state index < -0.39 is 0 Å². The smallest absolute Gasteiger partial charge is 0.254 e. The third kappa shape index (κ3) is 3.67. The summed E-state index contributed by atoms with van der Waals surface area (Å²) in [4.78, 5) is 28.9. The van der Waals surface area contributed by atoms with Gasteiger partial charge >= 0.3 is 0 Å². The lowest BCUT2D eigenvalue weighted by Gasteiger charge is -2.08. The van der Waals surface area contributed by atoms with E-state index in [2.05, 4.69) is 10.3 Å². The third-order valence-electron chi connectivity index (χ3n) is 4.20. The molecule has 2 heterocycles. The minimum absolute atomic E-state index is 0.131. The minimum Gasteiger partial charge on any atom is -0.454 e. The highest BCUT2D eigenvalue weighted by atomic mass is 16.7. The number of carbonyl (C=O) groups excluding carboxylic acids is 1. The molecule has 2 aromatic carbocycles. The van der Waals surface area contributed by atoms with Crippen LogP contribution in [0.5, 0.6) is 11.5 Å². The van der Waals surface area contributed by atoms with E-state index >= 15 is 0 Å². The molecule has 7 heteroatoms. The van der Waals surface area contributed by atoms with Crippen molar-refractivity contribution in [3.63, 3.8) is 0 Å². The van der Waals surface area contributed by atoms with Gasteiger partial charge in [-0.15, -0.1) is 0 Å². The van der Waals surface area contributed by atoms with Gasteiger partial charge in [-0.1, -0.05) is 29.8 Å². The fraction of sp³-hybridized carbons (Fsp3) is 0.150. The highest BCUT2D eigenvalue weighted by Gasteiger charge is 2.14. The topological polar surface area (TPSA) is 82.5 Å². The van der Waals surface area contributed by atoms with E-state index in [1.54, 1.807) is 18.2 Å². The van der Waals surface area contributed by atoms with Gasteiger partial charge in [-0.3, -0.25) is 14.2 Å². The molecule has 1 N–H and O–H groups in total. The largest absolute Gasteiger partial charge is 0.454 e. The molecule has 3 aromatic rings. The summed E-state index contributed by atoms with van der Waals surface area (Å²) in [5, 5.41) is 2.74. The van der Waals surface area contributed by atoms with Crippen LogP contribution < -0.4 is 20.3 Å². The summed E-state index contributed by atoms with van der Waals surface area (Å²) in [5.41, 5.74) is 2.84. The zero-order chi connectivity index (χ0) is 18.8. The average molecular weight is 363 g/mol. The lowest BCUT2D eigenvalue weighted by Crippen LogP contribution is -2.27. The third-order valence-corrected chi connectivity index (χ3v) is 4.20. The van der Waals surface area contributed by atoms with Gasteiger partial charge in [-0.25, -0.2) is 4.98 Å². The van der Waals surface area contributed by atoms with Crippen LogP contribution in [0.25, 0.3) is 11.3 Å². The number of anilines is 1.